The van der Waals surface area contributed by atoms with Crippen LogP contribution >= 0.6 is 0 Å². The van der Waals surface area contributed by atoms with Gasteiger partial charge in [-0.3, -0.25) is 9.78 Å². The first-order chi connectivity index (χ1) is 11.7. The van der Waals surface area contributed by atoms with Crippen LogP contribution in [0.5, 0.6) is 5.75 Å². The summed E-state index contributed by atoms with van der Waals surface area (Å²) in [6, 6.07) is 19.3. The van der Waals surface area contributed by atoms with Gasteiger partial charge < -0.3 is 9.64 Å². The van der Waals surface area contributed by atoms with Crippen molar-refractivity contribution in [1.82, 2.24) is 4.98 Å². The largest absolute Gasteiger partial charge is 0.481 e. The number of nitrogens with zero attached hydrogens (tertiary/aromatic N) is 2. The zero-order chi connectivity index (χ0) is 16.9. The Bertz CT molecular complexity index is 826. The van der Waals surface area contributed by atoms with Crippen LogP contribution in [0.2, 0.25) is 0 Å². The lowest BCUT2D eigenvalue weighted by Crippen LogP contribution is -2.40. The zero-order valence-electron chi connectivity index (χ0n) is 13.8. The molecule has 3 rings (SSSR count). The number of hydrogen-bond donors (Lipinski definition) is 0. The summed E-state index contributed by atoms with van der Waals surface area (Å²) >= 11 is 0. The second-order valence-corrected chi connectivity index (χ2v) is 5.81. The monoisotopic (exact) mass is 320 g/mol. The lowest BCUT2D eigenvalue weighted by Gasteiger charge is -2.27. The highest BCUT2D eigenvalue weighted by molar-refractivity contribution is 5.95. The van der Waals surface area contributed by atoms with Crippen LogP contribution in [-0.2, 0) is 4.79 Å². The van der Waals surface area contributed by atoms with Crippen LogP contribution < -0.4 is 9.64 Å². The number of rotatable bonds is 5. The van der Waals surface area contributed by atoms with Crippen LogP contribution in [0.1, 0.15) is 13.8 Å². The molecule has 0 N–H and O–H groups in total. The molecule has 0 fully saturated rings. The number of aromatic nitrogens is 1. The molecule has 0 aliphatic carbocycles. The Morgan fingerprint density at radius 2 is 1.79 bits per heavy atom. The summed E-state index contributed by atoms with van der Waals surface area (Å²) in [5.74, 6) is 0.544. The van der Waals surface area contributed by atoms with E-state index in [1.807, 2.05) is 74.5 Å². The van der Waals surface area contributed by atoms with E-state index in [4.69, 9.17) is 4.74 Å². The minimum absolute atomic E-state index is 0.0250. The topological polar surface area (TPSA) is 42.4 Å². The Balaban J connectivity index is 1.78. The molecule has 0 aliphatic rings. The van der Waals surface area contributed by atoms with Crippen LogP contribution in [-0.4, -0.2) is 23.5 Å². The molecule has 0 spiro atoms. The molecule has 0 bridgehead atoms. The predicted octanol–water partition coefficient (Wildman–Crippen LogP) is 4.06. The summed E-state index contributed by atoms with van der Waals surface area (Å²) in [5, 5.41) is 0.992. The normalized spacial score (nSPS) is 10.8. The number of benzene rings is 2. The van der Waals surface area contributed by atoms with Crippen LogP contribution in [0.25, 0.3) is 10.9 Å². The van der Waals surface area contributed by atoms with E-state index in [2.05, 4.69) is 4.98 Å². The fourth-order valence-electron chi connectivity index (χ4n) is 2.72. The molecule has 1 heterocycles. The molecule has 0 radical (unpaired) electrons. The van der Waals surface area contributed by atoms with E-state index in [0.717, 1.165) is 16.6 Å². The van der Waals surface area contributed by atoms with Gasteiger partial charge in [-0.2, -0.15) is 0 Å². The summed E-state index contributed by atoms with van der Waals surface area (Å²) in [7, 11) is 0. The van der Waals surface area contributed by atoms with Crippen molar-refractivity contribution in [2.45, 2.75) is 19.9 Å². The van der Waals surface area contributed by atoms with E-state index >= 15 is 0 Å². The third kappa shape index (κ3) is 3.38. The van der Waals surface area contributed by atoms with Gasteiger partial charge in [0.05, 0.1) is 0 Å². The number of carbonyl (C=O) groups is 1. The minimum Gasteiger partial charge on any atom is -0.481 e. The number of fused-ring (bicyclic) bond motifs is 1. The average molecular weight is 320 g/mol. The zero-order valence-corrected chi connectivity index (χ0v) is 13.8. The number of amides is 1. The third-order valence-corrected chi connectivity index (χ3v) is 3.77. The number of hydrogen-bond acceptors (Lipinski definition) is 3. The van der Waals surface area contributed by atoms with Crippen molar-refractivity contribution < 1.29 is 9.53 Å². The summed E-state index contributed by atoms with van der Waals surface area (Å²) < 4.78 is 5.78. The molecular weight excluding hydrogens is 300 g/mol. The van der Waals surface area contributed by atoms with Gasteiger partial charge in [0.25, 0.3) is 5.91 Å². The van der Waals surface area contributed by atoms with Crippen molar-refractivity contribution in [3.8, 4) is 5.75 Å². The lowest BCUT2D eigenvalue weighted by atomic mass is 10.2. The Morgan fingerprint density at radius 3 is 2.54 bits per heavy atom. The van der Waals surface area contributed by atoms with Crippen molar-refractivity contribution in [1.29, 1.82) is 0 Å². The van der Waals surface area contributed by atoms with Gasteiger partial charge in [0.2, 0.25) is 0 Å². The van der Waals surface area contributed by atoms with Crippen molar-refractivity contribution >= 4 is 22.5 Å². The first-order valence-electron chi connectivity index (χ1n) is 8.00. The maximum atomic E-state index is 12.7. The Kier molecular flexibility index (Phi) is 4.75. The van der Waals surface area contributed by atoms with Gasteiger partial charge in [-0.25, -0.2) is 0 Å². The Hall–Kier alpha value is -2.88. The Morgan fingerprint density at radius 1 is 1.04 bits per heavy atom. The molecule has 0 unspecified atom stereocenters. The molecule has 4 nitrogen and oxygen atoms in total. The standard InChI is InChI=1S/C20H20N2O2/c1-15(2)22(17-10-4-3-5-11-17)19(23)14-24-18-12-6-8-16-9-7-13-21-20(16)18/h3-13,15H,14H2,1-2H3. The van der Waals surface area contributed by atoms with Crippen molar-refractivity contribution in [3.05, 3.63) is 66.9 Å². The van der Waals surface area contributed by atoms with Crippen LogP contribution in [0.3, 0.4) is 0 Å². The maximum absolute atomic E-state index is 12.7. The van der Waals surface area contributed by atoms with E-state index in [-0.39, 0.29) is 18.6 Å². The number of pyridine rings is 1. The quantitative estimate of drug-likeness (QED) is 0.712. The van der Waals surface area contributed by atoms with Gasteiger partial charge in [-0.1, -0.05) is 36.4 Å². The van der Waals surface area contributed by atoms with Crippen LogP contribution in [0.4, 0.5) is 5.69 Å². The number of ether oxygens (including phenoxy) is 1. The summed E-state index contributed by atoms with van der Waals surface area (Å²) in [6.07, 6.45) is 1.72. The molecule has 2 aromatic carbocycles. The minimum atomic E-state index is -0.0795. The van der Waals surface area contributed by atoms with E-state index < -0.39 is 0 Å². The molecule has 24 heavy (non-hydrogen) atoms. The molecule has 3 aromatic rings. The van der Waals surface area contributed by atoms with Crippen molar-refractivity contribution in [2.24, 2.45) is 0 Å². The first-order valence-corrected chi connectivity index (χ1v) is 8.00. The molecular formula is C20H20N2O2. The van der Waals surface area contributed by atoms with Crippen molar-refractivity contribution in [2.75, 3.05) is 11.5 Å². The fraction of sp³-hybridized carbons (Fsp3) is 0.200. The number of para-hydroxylation sites is 2. The average Bonchev–Trinajstić information content (AvgIpc) is 2.60. The van der Waals surface area contributed by atoms with Gasteiger partial charge >= 0.3 is 0 Å². The van der Waals surface area contributed by atoms with E-state index in [1.54, 1.807) is 11.1 Å². The SMILES string of the molecule is CC(C)N(C(=O)COc1cccc2cccnc12)c1ccccc1. The van der Waals surface area contributed by atoms with E-state index in [9.17, 15) is 4.79 Å². The predicted molar refractivity (Wildman–Crippen MR) is 96.3 cm³/mol. The van der Waals surface area contributed by atoms with Crippen LogP contribution in [0, 0.1) is 0 Å². The second-order valence-electron chi connectivity index (χ2n) is 5.81. The highest BCUT2D eigenvalue weighted by atomic mass is 16.5. The molecule has 122 valence electrons. The summed E-state index contributed by atoms with van der Waals surface area (Å²) in [5.41, 5.74) is 1.64. The van der Waals surface area contributed by atoms with E-state index in [0.29, 0.717) is 5.75 Å². The van der Waals surface area contributed by atoms with Crippen LogP contribution in [0.15, 0.2) is 66.9 Å². The van der Waals surface area contributed by atoms with Gasteiger partial charge in [-0.05, 0) is 38.1 Å². The highest BCUT2D eigenvalue weighted by Gasteiger charge is 2.19. The second kappa shape index (κ2) is 7.13. The number of anilines is 1. The molecule has 1 aromatic heterocycles. The summed E-state index contributed by atoms with van der Waals surface area (Å²) in [4.78, 5) is 18.8. The molecule has 1 amide bonds. The maximum Gasteiger partial charge on any atom is 0.265 e. The highest BCUT2D eigenvalue weighted by Crippen LogP contribution is 2.23. The first kappa shape index (κ1) is 16.0. The van der Waals surface area contributed by atoms with Gasteiger partial charge in [-0.15, -0.1) is 0 Å². The van der Waals surface area contributed by atoms with E-state index in [1.165, 1.54) is 0 Å². The van der Waals surface area contributed by atoms with Gasteiger partial charge in [0.15, 0.2) is 6.61 Å². The summed E-state index contributed by atoms with van der Waals surface area (Å²) in [6.45, 7) is 3.96. The third-order valence-electron chi connectivity index (χ3n) is 3.77. The molecule has 0 saturated carbocycles. The number of carbonyl (C=O) groups excluding carboxylic acids is 1. The molecule has 4 heteroatoms. The molecule has 0 saturated heterocycles. The molecule has 0 atom stereocenters. The molecule has 0 aliphatic heterocycles. The fourth-order valence-corrected chi connectivity index (χ4v) is 2.72. The van der Waals surface area contributed by atoms with Crippen molar-refractivity contribution in [3.63, 3.8) is 0 Å². The smallest absolute Gasteiger partial charge is 0.265 e. The lowest BCUT2D eigenvalue weighted by molar-refractivity contribution is -0.120. The van der Waals surface area contributed by atoms with Gasteiger partial charge in [0, 0.05) is 23.3 Å². The Labute approximate surface area is 141 Å². The van der Waals surface area contributed by atoms with Gasteiger partial charge in [0.1, 0.15) is 11.3 Å².